The van der Waals surface area contributed by atoms with E-state index in [2.05, 4.69) is 4.99 Å². The molecular weight excluding hydrogens is 425 g/mol. The highest BCUT2D eigenvalue weighted by Crippen LogP contribution is 2.24. The molecule has 1 aromatic heterocycles. The van der Waals surface area contributed by atoms with E-state index in [-0.39, 0.29) is 16.3 Å². The molecule has 1 amide bonds. The van der Waals surface area contributed by atoms with Gasteiger partial charge in [-0.05, 0) is 55.2 Å². The van der Waals surface area contributed by atoms with E-state index in [1.54, 1.807) is 23.7 Å². The number of carbonyl (C=O) groups is 1. The highest BCUT2D eigenvalue weighted by atomic mass is 32.2. The summed E-state index contributed by atoms with van der Waals surface area (Å²) in [7, 11) is -1.92. The van der Waals surface area contributed by atoms with E-state index in [4.69, 9.17) is 0 Å². The lowest BCUT2D eigenvalue weighted by Gasteiger charge is -2.30. The van der Waals surface area contributed by atoms with Crippen LogP contribution >= 0.6 is 11.3 Å². The number of hydrogen-bond donors (Lipinski definition) is 0. The normalized spacial score (nSPS) is 18.8. The molecule has 0 aliphatic carbocycles. The summed E-state index contributed by atoms with van der Waals surface area (Å²) in [5.41, 5.74) is 0.671. The zero-order chi connectivity index (χ0) is 21.5. The third-order valence-electron chi connectivity index (χ3n) is 5.33. The number of fused-ring (bicyclic) bond motifs is 1. The average Bonchev–Trinajstić information content (AvgIpc) is 3.04. The molecule has 0 N–H and O–H groups in total. The minimum absolute atomic E-state index is 0.169. The number of carbonyl (C=O) groups excluding carboxylic acids is 1. The molecule has 1 unspecified atom stereocenters. The number of aryl methyl sites for hydroxylation is 1. The molecule has 1 saturated heterocycles. The minimum atomic E-state index is -3.58. The smallest absolute Gasteiger partial charge is 0.279 e. The first-order valence-corrected chi connectivity index (χ1v) is 12.0. The van der Waals surface area contributed by atoms with Crippen molar-refractivity contribution in [2.75, 3.05) is 13.1 Å². The summed E-state index contributed by atoms with van der Waals surface area (Å²) in [4.78, 5) is 17.3. The summed E-state index contributed by atoms with van der Waals surface area (Å²) in [6.07, 6.45) is 1.88. The fourth-order valence-corrected chi connectivity index (χ4v) is 6.33. The van der Waals surface area contributed by atoms with E-state index >= 15 is 0 Å². The van der Waals surface area contributed by atoms with E-state index in [9.17, 15) is 17.6 Å². The second-order valence-electron chi connectivity index (χ2n) is 7.58. The van der Waals surface area contributed by atoms with Crippen LogP contribution in [-0.2, 0) is 17.1 Å². The van der Waals surface area contributed by atoms with Gasteiger partial charge in [-0.3, -0.25) is 4.79 Å². The molecule has 30 heavy (non-hydrogen) atoms. The Morgan fingerprint density at radius 1 is 1.20 bits per heavy atom. The number of rotatable bonds is 3. The topological polar surface area (TPSA) is 71.7 Å². The maximum atomic E-state index is 14.1. The third-order valence-corrected chi connectivity index (χ3v) is 8.31. The van der Waals surface area contributed by atoms with Crippen LogP contribution in [0.25, 0.3) is 10.2 Å². The Morgan fingerprint density at radius 3 is 2.60 bits per heavy atom. The van der Waals surface area contributed by atoms with Crippen molar-refractivity contribution in [3.63, 3.8) is 0 Å². The Hall–Kier alpha value is -2.36. The number of sulfonamides is 1. The van der Waals surface area contributed by atoms with Crippen LogP contribution in [0.1, 0.15) is 30.1 Å². The lowest BCUT2D eigenvalue weighted by molar-refractivity contribution is 0.0998. The molecule has 0 radical (unpaired) electrons. The van der Waals surface area contributed by atoms with Gasteiger partial charge in [0.2, 0.25) is 10.0 Å². The molecule has 0 bridgehead atoms. The Bertz CT molecular complexity index is 1280. The lowest BCUT2D eigenvalue weighted by Crippen LogP contribution is -2.39. The van der Waals surface area contributed by atoms with Gasteiger partial charge in [-0.15, -0.1) is 0 Å². The Kier molecular flexibility index (Phi) is 5.61. The standard InChI is InChI=1S/C21H22FN3O3S2/c1-14-5-4-12-25(13-14)30(27,28)16-10-8-15(9-11-16)20(26)23-21-24(2)19-17(22)6-3-7-18(19)29-21/h3,6-11,14H,4-5,12-13H2,1-2H3. The molecule has 6 nitrogen and oxygen atoms in total. The van der Waals surface area contributed by atoms with Crippen molar-refractivity contribution in [3.8, 4) is 0 Å². The van der Waals surface area contributed by atoms with E-state index in [0.717, 1.165) is 12.8 Å². The molecule has 1 fully saturated rings. The van der Waals surface area contributed by atoms with Crippen LogP contribution in [0, 0.1) is 11.7 Å². The number of benzene rings is 2. The van der Waals surface area contributed by atoms with Crippen LogP contribution in [-0.4, -0.2) is 36.3 Å². The summed E-state index contributed by atoms with van der Waals surface area (Å²) in [6, 6.07) is 10.6. The van der Waals surface area contributed by atoms with Crippen LogP contribution in [0.2, 0.25) is 0 Å². The van der Waals surface area contributed by atoms with Gasteiger partial charge >= 0.3 is 0 Å². The molecule has 4 rings (SSSR count). The fraction of sp³-hybridized carbons (Fsp3) is 0.333. The third kappa shape index (κ3) is 3.84. The number of thiazole rings is 1. The predicted molar refractivity (Wildman–Crippen MR) is 114 cm³/mol. The van der Waals surface area contributed by atoms with Gasteiger partial charge in [0.15, 0.2) is 4.80 Å². The van der Waals surface area contributed by atoms with Gasteiger partial charge in [0.1, 0.15) is 5.82 Å². The monoisotopic (exact) mass is 447 g/mol. The van der Waals surface area contributed by atoms with Gasteiger partial charge in [0.05, 0.1) is 15.1 Å². The summed E-state index contributed by atoms with van der Waals surface area (Å²) in [5, 5.41) is 0. The van der Waals surface area contributed by atoms with E-state index in [1.165, 1.54) is 46.0 Å². The Balaban J connectivity index is 1.62. The minimum Gasteiger partial charge on any atom is -0.317 e. The highest BCUT2D eigenvalue weighted by Gasteiger charge is 2.28. The van der Waals surface area contributed by atoms with Gasteiger partial charge < -0.3 is 4.57 Å². The number of amides is 1. The summed E-state index contributed by atoms with van der Waals surface area (Å²) >= 11 is 1.22. The van der Waals surface area contributed by atoms with Gasteiger partial charge in [-0.25, -0.2) is 12.8 Å². The summed E-state index contributed by atoms with van der Waals surface area (Å²) < 4.78 is 43.5. The van der Waals surface area contributed by atoms with E-state index in [0.29, 0.717) is 34.0 Å². The molecule has 3 aromatic rings. The average molecular weight is 448 g/mol. The quantitative estimate of drug-likeness (QED) is 0.617. The number of hydrogen-bond acceptors (Lipinski definition) is 4. The molecule has 2 aromatic carbocycles. The summed E-state index contributed by atoms with van der Waals surface area (Å²) in [5.74, 6) is -0.546. The first-order chi connectivity index (χ1) is 14.3. The number of halogens is 1. The van der Waals surface area contributed by atoms with Gasteiger partial charge in [0.25, 0.3) is 5.91 Å². The van der Waals surface area contributed by atoms with Crippen LogP contribution in [0.15, 0.2) is 52.4 Å². The van der Waals surface area contributed by atoms with Crippen LogP contribution < -0.4 is 4.80 Å². The second kappa shape index (κ2) is 8.05. The molecule has 0 saturated carbocycles. The number of piperidine rings is 1. The van der Waals surface area contributed by atoms with Crippen molar-refractivity contribution in [2.45, 2.75) is 24.7 Å². The Labute approximate surface area is 178 Å². The first kappa shape index (κ1) is 20.9. The second-order valence-corrected chi connectivity index (χ2v) is 10.5. The molecule has 1 atom stereocenters. The van der Waals surface area contributed by atoms with Crippen molar-refractivity contribution < 1.29 is 17.6 Å². The molecule has 2 heterocycles. The fourth-order valence-electron chi connectivity index (χ4n) is 3.70. The SMILES string of the molecule is CC1CCCN(S(=O)(=O)c2ccc(C(=O)N=c3sc4cccc(F)c4n3C)cc2)C1. The first-order valence-electron chi connectivity index (χ1n) is 9.70. The summed E-state index contributed by atoms with van der Waals surface area (Å²) in [6.45, 7) is 3.07. The predicted octanol–water partition coefficient (Wildman–Crippen LogP) is 3.54. The van der Waals surface area contributed by atoms with E-state index < -0.39 is 15.9 Å². The van der Waals surface area contributed by atoms with Gasteiger partial charge in [-0.1, -0.05) is 24.3 Å². The molecule has 1 aliphatic heterocycles. The van der Waals surface area contributed by atoms with Crippen molar-refractivity contribution in [3.05, 3.63) is 58.6 Å². The molecule has 0 spiro atoms. The highest BCUT2D eigenvalue weighted by molar-refractivity contribution is 7.89. The lowest BCUT2D eigenvalue weighted by atomic mass is 10.0. The molecular formula is C21H22FN3O3S2. The number of nitrogens with zero attached hydrogens (tertiary/aromatic N) is 3. The van der Waals surface area contributed by atoms with Crippen LogP contribution in [0.4, 0.5) is 4.39 Å². The maximum Gasteiger partial charge on any atom is 0.279 e. The number of aromatic nitrogens is 1. The van der Waals surface area contributed by atoms with E-state index in [1.807, 2.05) is 6.92 Å². The van der Waals surface area contributed by atoms with Crippen molar-refractivity contribution in [1.82, 2.24) is 8.87 Å². The Morgan fingerprint density at radius 2 is 1.93 bits per heavy atom. The van der Waals surface area contributed by atoms with Gasteiger partial charge in [0, 0.05) is 25.7 Å². The number of para-hydroxylation sites is 1. The molecule has 158 valence electrons. The van der Waals surface area contributed by atoms with Crippen LogP contribution in [0.5, 0.6) is 0 Å². The van der Waals surface area contributed by atoms with Crippen molar-refractivity contribution in [1.29, 1.82) is 0 Å². The zero-order valence-electron chi connectivity index (χ0n) is 16.7. The van der Waals surface area contributed by atoms with Gasteiger partial charge in [-0.2, -0.15) is 9.30 Å². The largest absolute Gasteiger partial charge is 0.317 e. The van der Waals surface area contributed by atoms with Crippen molar-refractivity contribution in [2.24, 2.45) is 18.0 Å². The molecule has 9 heteroatoms. The zero-order valence-corrected chi connectivity index (χ0v) is 18.3. The van der Waals surface area contributed by atoms with Crippen LogP contribution in [0.3, 0.4) is 0 Å². The van der Waals surface area contributed by atoms with Crippen molar-refractivity contribution >= 4 is 37.5 Å². The molecule has 1 aliphatic rings. The maximum absolute atomic E-state index is 14.1.